The fourth-order valence-corrected chi connectivity index (χ4v) is 2.40. The van der Waals surface area contributed by atoms with Crippen molar-refractivity contribution < 1.29 is 4.79 Å². The average Bonchev–Trinajstić information content (AvgIpc) is 3.03. The topological polar surface area (TPSA) is 44.4 Å². The number of nitrogens with zero attached hydrogens (tertiary/aromatic N) is 1. The number of carbonyl (C=O) groups is 1. The van der Waals surface area contributed by atoms with Gasteiger partial charge in [0.1, 0.15) is 0 Å². The lowest BCUT2D eigenvalue weighted by atomic mass is 10.2. The number of carbonyl (C=O) groups excluding carboxylic acids is 1. The van der Waals surface area contributed by atoms with E-state index in [1.54, 1.807) is 11.3 Å². The zero-order valence-corrected chi connectivity index (χ0v) is 13.5. The molecule has 0 bridgehead atoms. The first-order valence-corrected chi connectivity index (χ1v) is 7.83. The van der Waals surface area contributed by atoms with E-state index in [1.165, 1.54) is 0 Å². The van der Waals surface area contributed by atoms with E-state index in [0.29, 0.717) is 13.1 Å². The third kappa shape index (κ3) is 5.15. The molecule has 22 heavy (non-hydrogen) atoms. The predicted octanol–water partition coefficient (Wildman–Crippen LogP) is 2.67. The number of amides is 2. The lowest BCUT2D eigenvalue weighted by Crippen LogP contribution is -2.34. The van der Waals surface area contributed by atoms with Crippen molar-refractivity contribution in [2.75, 3.05) is 25.5 Å². The summed E-state index contributed by atoms with van der Waals surface area (Å²) < 4.78 is 0. The van der Waals surface area contributed by atoms with Gasteiger partial charge in [-0.1, -0.05) is 17.9 Å². The van der Waals surface area contributed by atoms with Gasteiger partial charge in [-0.25, -0.2) is 4.79 Å². The molecule has 0 radical (unpaired) electrons. The molecule has 4 nitrogen and oxygen atoms in total. The Kier molecular flexibility index (Phi) is 5.87. The fraction of sp³-hybridized carbons (Fsp3) is 0.235. The van der Waals surface area contributed by atoms with Gasteiger partial charge < -0.3 is 15.5 Å². The first-order valence-electron chi connectivity index (χ1n) is 6.95. The van der Waals surface area contributed by atoms with Gasteiger partial charge in [0, 0.05) is 30.2 Å². The maximum Gasteiger partial charge on any atom is 0.315 e. The highest BCUT2D eigenvalue weighted by Gasteiger charge is 1.98. The lowest BCUT2D eigenvalue weighted by molar-refractivity contribution is 0.242. The zero-order chi connectivity index (χ0) is 15.8. The maximum absolute atomic E-state index is 11.6. The van der Waals surface area contributed by atoms with Gasteiger partial charge >= 0.3 is 6.03 Å². The first-order chi connectivity index (χ1) is 10.6. The van der Waals surface area contributed by atoms with Crippen molar-refractivity contribution in [3.63, 3.8) is 0 Å². The number of benzene rings is 1. The summed E-state index contributed by atoms with van der Waals surface area (Å²) in [6.45, 7) is 0.870. The van der Waals surface area contributed by atoms with Crippen LogP contribution in [-0.4, -0.2) is 26.7 Å². The SMILES string of the molecule is CN(C)c1ccc(C#CCNC(=O)NCc2cccs2)cc1. The normalized spacial score (nSPS) is 9.55. The Bertz CT molecular complexity index is 651. The van der Waals surface area contributed by atoms with E-state index < -0.39 is 0 Å². The van der Waals surface area contributed by atoms with Gasteiger partial charge in [-0.2, -0.15) is 0 Å². The van der Waals surface area contributed by atoms with Gasteiger partial charge in [0.05, 0.1) is 13.1 Å². The summed E-state index contributed by atoms with van der Waals surface area (Å²) in [5.41, 5.74) is 2.07. The van der Waals surface area contributed by atoms with E-state index in [2.05, 4.69) is 22.5 Å². The first kappa shape index (κ1) is 15.9. The fourth-order valence-electron chi connectivity index (χ4n) is 1.76. The van der Waals surface area contributed by atoms with Gasteiger partial charge in [0.2, 0.25) is 0 Å². The van der Waals surface area contributed by atoms with Crippen LogP contribution in [0.25, 0.3) is 0 Å². The molecule has 114 valence electrons. The molecule has 0 atom stereocenters. The van der Waals surface area contributed by atoms with Gasteiger partial charge in [0.25, 0.3) is 0 Å². The standard InChI is InChI=1S/C17H19N3OS/c1-20(2)15-9-7-14(8-10-15)5-3-11-18-17(21)19-13-16-6-4-12-22-16/h4,6-10,12H,11,13H2,1-2H3,(H2,18,19,21). The number of nitrogens with one attached hydrogen (secondary N) is 2. The van der Waals surface area contributed by atoms with Crippen molar-refractivity contribution in [3.8, 4) is 11.8 Å². The summed E-state index contributed by atoms with van der Waals surface area (Å²) in [5, 5.41) is 7.50. The summed E-state index contributed by atoms with van der Waals surface area (Å²) in [7, 11) is 4.00. The van der Waals surface area contributed by atoms with Crippen LogP contribution in [-0.2, 0) is 6.54 Å². The molecule has 0 saturated heterocycles. The molecule has 1 heterocycles. The van der Waals surface area contributed by atoms with E-state index in [1.807, 2.05) is 60.8 Å². The number of hydrogen-bond acceptors (Lipinski definition) is 3. The number of anilines is 1. The molecule has 0 unspecified atom stereocenters. The van der Waals surface area contributed by atoms with Crippen LogP contribution in [0.3, 0.4) is 0 Å². The number of thiophene rings is 1. The van der Waals surface area contributed by atoms with Crippen molar-refractivity contribution in [1.29, 1.82) is 0 Å². The summed E-state index contributed by atoms with van der Waals surface area (Å²) in [4.78, 5) is 14.7. The largest absolute Gasteiger partial charge is 0.378 e. The minimum atomic E-state index is -0.203. The van der Waals surface area contributed by atoms with Crippen LogP contribution >= 0.6 is 11.3 Å². The van der Waals surface area contributed by atoms with Crippen LogP contribution in [0.2, 0.25) is 0 Å². The lowest BCUT2D eigenvalue weighted by Gasteiger charge is -2.11. The van der Waals surface area contributed by atoms with Crippen molar-refractivity contribution in [2.24, 2.45) is 0 Å². The van der Waals surface area contributed by atoms with Crippen molar-refractivity contribution >= 4 is 23.1 Å². The van der Waals surface area contributed by atoms with E-state index in [9.17, 15) is 4.79 Å². The van der Waals surface area contributed by atoms with Gasteiger partial charge in [-0.3, -0.25) is 0 Å². The average molecular weight is 313 g/mol. The Hall–Kier alpha value is -2.45. The van der Waals surface area contributed by atoms with Crippen molar-refractivity contribution in [3.05, 3.63) is 52.2 Å². The minimum Gasteiger partial charge on any atom is -0.378 e. The van der Waals surface area contributed by atoms with Crippen LogP contribution in [0.5, 0.6) is 0 Å². The monoisotopic (exact) mass is 313 g/mol. The molecular formula is C17H19N3OS. The van der Waals surface area contributed by atoms with E-state index in [4.69, 9.17) is 0 Å². The molecular weight excluding hydrogens is 294 g/mol. The molecule has 2 rings (SSSR count). The van der Waals surface area contributed by atoms with Gasteiger partial charge in [-0.05, 0) is 35.7 Å². The Morgan fingerprint density at radius 1 is 1.18 bits per heavy atom. The second-order valence-electron chi connectivity index (χ2n) is 4.86. The molecule has 1 aromatic heterocycles. The number of urea groups is 1. The molecule has 0 aliphatic heterocycles. The minimum absolute atomic E-state index is 0.203. The zero-order valence-electron chi connectivity index (χ0n) is 12.7. The Morgan fingerprint density at radius 2 is 1.95 bits per heavy atom. The highest BCUT2D eigenvalue weighted by Crippen LogP contribution is 2.11. The van der Waals surface area contributed by atoms with Gasteiger partial charge in [-0.15, -0.1) is 11.3 Å². The molecule has 2 aromatic rings. The quantitative estimate of drug-likeness (QED) is 0.852. The predicted molar refractivity (Wildman–Crippen MR) is 92.2 cm³/mol. The van der Waals surface area contributed by atoms with E-state index >= 15 is 0 Å². The van der Waals surface area contributed by atoms with E-state index in [-0.39, 0.29) is 6.03 Å². The second kappa shape index (κ2) is 8.11. The molecule has 0 fully saturated rings. The Morgan fingerprint density at radius 3 is 2.59 bits per heavy atom. The molecule has 1 aromatic carbocycles. The molecule has 0 aliphatic carbocycles. The van der Waals surface area contributed by atoms with Gasteiger partial charge in [0.15, 0.2) is 0 Å². The highest BCUT2D eigenvalue weighted by atomic mass is 32.1. The smallest absolute Gasteiger partial charge is 0.315 e. The second-order valence-corrected chi connectivity index (χ2v) is 5.89. The van der Waals surface area contributed by atoms with Crippen molar-refractivity contribution in [1.82, 2.24) is 10.6 Å². The van der Waals surface area contributed by atoms with Crippen LogP contribution < -0.4 is 15.5 Å². The number of rotatable bonds is 4. The van der Waals surface area contributed by atoms with Crippen molar-refractivity contribution in [2.45, 2.75) is 6.54 Å². The molecule has 2 N–H and O–H groups in total. The summed E-state index contributed by atoms with van der Waals surface area (Å²) in [6, 6.07) is 11.7. The summed E-state index contributed by atoms with van der Waals surface area (Å²) >= 11 is 1.62. The van der Waals surface area contributed by atoms with Crippen LogP contribution in [0.1, 0.15) is 10.4 Å². The van der Waals surface area contributed by atoms with Crippen LogP contribution in [0, 0.1) is 11.8 Å². The molecule has 0 spiro atoms. The van der Waals surface area contributed by atoms with Crippen LogP contribution in [0.15, 0.2) is 41.8 Å². The molecule has 0 aliphatic rings. The third-order valence-electron chi connectivity index (χ3n) is 2.96. The maximum atomic E-state index is 11.6. The Labute approximate surface area is 135 Å². The summed E-state index contributed by atoms with van der Waals surface area (Å²) in [6.07, 6.45) is 0. The molecule has 5 heteroatoms. The van der Waals surface area contributed by atoms with E-state index in [0.717, 1.165) is 16.1 Å². The van der Waals surface area contributed by atoms with Crippen LogP contribution in [0.4, 0.5) is 10.5 Å². The third-order valence-corrected chi connectivity index (χ3v) is 3.83. The number of hydrogen-bond donors (Lipinski definition) is 2. The molecule has 2 amide bonds. The highest BCUT2D eigenvalue weighted by molar-refractivity contribution is 7.09. The molecule has 0 saturated carbocycles. The Balaban J connectivity index is 1.73. The summed E-state index contributed by atoms with van der Waals surface area (Å²) in [5.74, 6) is 5.97.